The highest BCUT2D eigenvalue weighted by molar-refractivity contribution is 8.18. The van der Waals surface area contributed by atoms with Gasteiger partial charge in [-0.3, -0.25) is 19.3 Å². The van der Waals surface area contributed by atoms with Crippen LogP contribution < -0.4 is 4.74 Å². The number of carbonyl (C=O) groups excluding carboxylic acids is 3. The molecule has 7 heteroatoms. The third-order valence-corrected chi connectivity index (χ3v) is 6.05. The number of fused-ring (bicyclic) bond motifs is 1. The molecular weight excluding hydrogens is 400 g/mol. The Morgan fingerprint density at radius 1 is 1.17 bits per heavy atom. The monoisotopic (exact) mass is 420 g/mol. The second kappa shape index (κ2) is 8.64. The number of amides is 3. The van der Waals surface area contributed by atoms with E-state index in [9.17, 15) is 14.4 Å². The van der Waals surface area contributed by atoms with Crippen molar-refractivity contribution in [3.05, 3.63) is 46.9 Å². The molecule has 0 radical (unpaired) electrons. The average molecular weight is 420 g/mol. The molecule has 0 N–H and O–H groups in total. The van der Waals surface area contributed by atoms with Crippen LogP contribution >= 0.6 is 11.8 Å². The van der Waals surface area contributed by atoms with E-state index in [1.807, 2.05) is 30.3 Å². The number of hydrogen-bond acceptors (Lipinski definition) is 5. The van der Waals surface area contributed by atoms with E-state index in [4.69, 9.17) is 11.2 Å². The topological polar surface area (TPSA) is 66.9 Å². The van der Waals surface area contributed by atoms with Gasteiger partial charge in [0.1, 0.15) is 18.9 Å². The van der Waals surface area contributed by atoms with E-state index in [1.54, 1.807) is 17.0 Å². The van der Waals surface area contributed by atoms with E-state index in [0.717, 1.165) is 40.3 Å². The van der Waals surface area contributed by atoms with E-state index in [0.29, 0.717) is 24.4 Å². The highest BCUT2D eigenvalue weighted by Crippen LogP contribution is 2.36. The summed E-state index contributed by atoms with van der Waals surface area (Å²) in [6.07, 6.45) is 8.88. The first kappa shape index (κ1) is 20.0. The molecule has 2 aliphatic rings. The fraction of sp³-hybridized carbons (Fsp3) is 0.261. The molecule has 6 nitrogen and oxygen atoms in total. The summed E-state index contributed by atoms with van der Waals surface area (Å²) in [5.41, 5.74) is 0.680. The minimum absolute atomic E-state index is 0.0883. The predicted molar refractivity (Wildman–Crippen MR) is 117 cm³/mol. The van der Waals surface area contributed by atoms with Crippen LogP contribution in [0, 0.1) is 12.3 Å². The number of rotatable bonds is 5. The molecule has 152 valence electrons. The summed E-state index contributed by atoms with van der Waals surface area (Å²) in [5, 5.41) is 1.41. The van der Waals surface area contributed by atoms with Crippen molar-refractivity contribution >= 4 is 45.7 Å². The zero-order valence-corrected chi connectivity index (χ0v) is 17.1. The van der Waals surface area contributed by atoms with Crippen LogP contribution in [-0.2, 0) is 9.59 Å². The molecule has 4 rings (SSSR count). The standard InChI is InChI=1S/C23H20N2O4S/c1-2-13-29-19-10-9-16-7-3-4-8-17(16)18(19)14-20-22(27)25(23(28)30-20)15-21(26)24-11-5-6-12-24/h1,3-4,7-10,14H,5-6,11-13,15H2/b20-14+. The number of nitrogens with zero attached hydrogens (tertiary/aromatic N) is 2. The molecule has 3 amide bonds. The van der Waals surface area contributed by atoms with Crippen molar-refractivity contribution in [2.24, 2.45) is 0 Å². The quantitative estimate of drug-likeness (QED) is 0.547. The van der Waals surface area contributed by atoms with Crippen molar-refractivity contribution < 1.29 is 19.1 Å². The van der Waals surface area contributed by atoms with Gasteiger partial charge in [0.2, 0.25) is 5.91 Å². The molecular formula is C23H20N2O4S. The van der Waals surface area contributed by atoms with Gasteiger partial charge < -0.3 is 9.64 Å². The molecule has 0 unspecified atom stereocenters. The first-order chi connectivity index (χ1) is 14.6. The Bertz CT molecular complexity index is 1100. The maximum Gasteiger partial charge on any atom is 0.294 e. The number of ether oxygens (including phenoxy) is 1. The van der Waals surface area contributed by atoms with Gasteiger partial charge in [-0.2, -0.15) is 0 Å². The average Bonchev–Trinajstić information content (AvgIpc) is 3.38. The fourth-order valence-corrected chi connectivity index (χ4v) is 4.46. The lowest BCUT2D eigenvalue weighted by Crippen LogP contribution is -2.40. The number of likely N-dealkylation sites (tertiary alicyclic amines) is 1. The molecule has 0 bridgehead atoms. The molecule has 2 fully saturated rings. The number of thioether (sulfide) groups is 1. The number of imide groups is 1. The summed E-state index contributed by atoms with van der Waals surface area (Å²) in [6, 6.07) is 11.4. The summed E-state index contributed by atoms with van der Waals surface area (Å²) in [5.74, 6) is 2.31. The minimum Gasteiger partial charge on any atom is -0.480 e. The lowest BCUT2D eigenvalue weighted by atomic mass is 10.0. The highest BCUT2D eigenvalue weighted by Gasteiger charge is 2.37. The Morgan fingerprint density at radius 3 is 2.70 bits per heavy atom. The molecule has 2 aliphatic heterocycles. The van der Waals surface area contributed by atoms with Crippen LogP contribution in [-0.4, -0.2) is 53.1 Å². The largest absolute Gasteiger partial charge is 0.480 e. The van der Waals surface area contributed by atoms with E-state index in [2.05, 4.69) is 5.92 Å². The third kappa shape index (κ3) is 3.91. The molecule has 2 saturated heterocycles. The Kier molecular flexibility index (Phi) is 5.77. The van der Waals surface area contributed by atoms with Gasteiger partial charge in [0.15, 0.2) is 0 Å². The zero-order valence-electron chi connectivity index (χ0n) is 16.3. The number of carbonyl (C=O) groups is 3. The first-order valence-corrected chi connectivity index (χ1v) is 10.5. The highest BCUT2D eigenvalue weighted by atomic mass is 32.2. The van der Waals surface area contributed by atoms with E-state index >= 15 is 0 Å². The summed E-state index contributed by atoms with van der Waals surface area (Å²) < 4.78 is 5.67. The summed E-state index contributed by atoms with van der Waals surface area (Å²) in [4.78, 5) is 40.8. The van der Waals surface area contributed by atoms with Crippen LogP contribution in [0.5, 0.6) is 5.75 Å². The molecule has 30 heavy (non-hydrogen) atoms. The van der Waals surface area contributed by atoms with Crippen LogP contribution in [0.3, 0.4) is 0 Å². The number of hydrogen-bond donors (Lipinski definition) is 0. The number of terminal acetylenes is 1. The van der Waals surface area contributed by atoms with Gasteiger partial charge in [0, 0.05) is 18.7 Å². The molecule has 2 aromatic carbocycles. The molecule has 0 spiro atoms. The molecule has 0 atom stereocenters. The Labute approximate surface area is 178 Å². The maximum atomic E-state index is 12.9. The van der Waals surface area contributed by atoms with Crippen LogP contribution in [0.25, 0.3) is 16.8 Å². The van der Waals surface area contributed by atoms with Gasteiger partial charge in [0.25, 0.3) is 11.1 Å². The summed E-state index contributed by atoms with van der Waals surface area (Å²) >= 11 is 0.834. The van der Waals surface area contributed by atoms with Crippen molar-refractivity contribution in [1.29, 1.82) is 0 Å². The minimum atomic E-state index is -0.464. The summed E-state index contributed by atoms with van der Waals surface area (Å²) in [7, 11) is 0. The van der Waals surface area contributed by atoms with Gasteiger partial charge in [-0.25, -0.2) is 0 Å². The molecule has 2 aromatic rings. The van der Waals surface area contributed by atoms with Crippen LogP contribution in [0.2, 0.25) is 0 Å². The van der Waals surface area contributed by atoms with Crippen LogP contribution in [0.15, 0.2) is 41.3 Å². The molecule has 0 aromatic heterocycles. The normalized spacial score (nSPS) is 17.8. The lowest BCUT2D eigenvalue weighted by molar-refractivity contribution is -0.135. The lowest BCUT2D eigenvalue weighted by Gasteiger charge is -2.18. The van der Waals surface area contributed by atoms with Crippen LogP contribution in [0.4, 0.5) is 4.79 Å². The van der Waals surface area contributed by atoms with Crippen molar-refractivity contribution in [3.8, 4) is 18.1 Å². The van der Waals surface area contributed by atoms with Crippen LogP contribution in [0.1, 0.15) is 18.4 Å². The van der Waals surface area contributed by atoms with Gasteiger partial charge in [-0.15, -0.1) is 6.42 Å². The third-order valence-electron chi connectivity index (χ3n) is 5.14. The van der Waals surface area contributed by atoms with E-state index in [1.165, 1.54) is 0 Å². The predicted octanol–water partition coefficient (Wildman–Crippen LogP) is 3.51. The Balaban J connectivity index is 1.65. The van der Waals surface area contributed by atoms with Gasteiger partial charge in [-0.1, -0.05) is 36.3 Å². The van der Waals surface area contributed by atoms with Crippen molar-refractivity contribution in [1.82, 2.24) is 9.80 Å². The second-order valence-corrected chi connectivity index (χ2v) is 8.04. The molecule has 0 saturated carbocycles. The van der Waals surface area contributed by atoms with Gasteiger partial charge in [-0.05, 0) is 47.5 Å². The zero-order chi connectivity index (χ0) is 21.1. The van der Waals surface area contributed by atoms with E-state index in [-0.39, 0.29) is 24.0 Å². The SMILES string of the molecule is C#CCOc1ccc2ccccc2c1/C=C1/SC(=O)N(CC(=O)N2CCCC2)C1=O. The van der Waals surface area contributed by atoms with E-state index < -0.39 is 11.1 Å². The summed E-state index contributed by atoms with van der Waals surface area (Å²) in [6.45, 7) is 1.22. The second-order valence-electron chi connectivity index (χ2n) is 7.05. The van der Waals surface area contributed by atoms with Gasteiger partial charge >= 0.3 is 0 Å². The molecule has 0 aliphatic carbocycles. The smallest absolute Gasteiger partial charge is 0.294 e. The maximum absolute atomic E-state index is 12.9. The fourth-order valence-electron chi connectivity index (χ4n) is 3.64. The van der Waals surface area contributed by atoms with Gasteiger partial charge in [0.05, 0.1) is 4.91 Å². The Morgan fingerprint density at radius 2 is 1.93 bits per heavy atom. The van der Waals surface area contributed by atoms with Crippen molar-refractivity contribution in [3.63, 3.8) is 0 Å². The molecule has 2 heterocycles. The number of benzene rings is 2. The first-order valence-electron chi connectivity index (χ1n) is 9.69. The van der Waals surface area contributed by atoms with Crippen molar-refractivity contribution in [2.45, 2.75) is 12.8 Å². The van der Waals surface area contributed by atoms with Crippen molar-refractivity contribution in [2.75, 3.05) is 26.2 Å². The Hall–Kier alpha value is -3.24.